The quantitative estimate of drug-likeness (QED) is 0.789. The van der Waals surface area contributed by atoms with E-state index in [9.17, 15) is 9.90 Å². The number of benzene rings is 1. The molecule has 1 unspecified atom stereocenters. The Labute approximate surface area is 116 Å². The molecule has 2 N–H and O–H groups in total. The Morgan fingerprint density at radius 3 is 2.89 bits per heavy atom. The largest absolute Gasteiger partial charge is 0.480 e. The molecule has 2 rings (SSSR count). The number of thioether (sulfide) groups is 1. The van der Waals surface area contributed by atoms with Gasteiger partial charge >= 0.3 is 5.97 Å². The molecule has 0 radical (unpaired) electrons. The fraction of sp³-hybridized carbons (Fsp3) is 0.462. The van der Waals surface area contributed by atoms with Crippen molar-refractivity contribution in [1.82, 2.24) is 5.32 Å². The number of hydrogen-bond acceptors (Lipinski definition) is 3. The van der Waals surface area contributed by atoms with E-state index in [1.807, 2.05) is 24.3 Å². The molecule has 0 aliphatic heterocycles. The monoisotopic (exact) mass is 285 g/mol. The van der Waals surface area contributed by atoms with Gasteiger partial charge in [-0.3, -0.25) is 10.1 Å². The molecule has 0 aromatic heterocycles. The second kappa shape index (κ2) is 5.51. The third kappa shape index (κ3) is 3.64. The van der Waals surface area contributed by atoms with E-state index in [4.69, 9.17) is 11.6 Å². The Balaban J connectivity index is 1.98. The van der Waals surface area contributed by atoms with Crippen LogP contribution >= 0.6 is 23.4 Å². The molecule has 0 heterocycles. The number of nitrogens with one attached hydrogen (secondary N) is 1. The summed E-state index contributed by atoms with van der Waals surface area (Å²) in [4.78, 5) is 12.4. The fourth-order valence-corrected chi connectivity index (χ4v) is 2.93. The summed E-state index contributed by atoms with van der Waals surface area (Å²) in [6.07, 6.45) is 2.15. The standard InChI is InChI=1S/C13H16ClNO2S/c1-13(12(16)17,15-10-5-6-10)8-18-11-4-2-3-9(14)7-11/h2-4,7,10,15H,5-6,8H2,1H3,(H,16,17). The van der Waals surface area contributed by atoms with E-state index in [0.29, 0.717) is 16.8 Å². The van der Waals surface area contributed by atoms with Gasteiger partial charge in [0.05, 0.1) is 0 Å². The summed E-state index contributed by atoms with van der Waals surface area (Å²) in [5.41, 5.74) is -0.881. The van der Waals surface area contributed by atoms with Gasteiger partial charge in [-0.25, -0.2) is 0 Å². The van der Waals surface area contributed by atoms with Crippen molar-refractivity contribution in [2.75, 3.05) is 5.75 Å². The Kier molecular flexibility index (Phi) is 4.20. The summed E-state index contributed by atoms with van der Waals surface area (Å²) in [6, 6.07) is 7.84. The van der Waals surface area contributed by atoms with Crippen LogP contribution < -0.4 is 5.32 Å². The lowest BCUT2D eigenvalue weighted by atomic mass is 10.1. The first-order chi connectivity index (χ1) is 8.49. The van der Waals surface area contributed by atoms with Crippen LogP contribution in [0, 0.1) is 0 Å². The van der Waals surface area contributed by atoms with Gasteiger partial charge in [0.1, 0.15) is 5.54 Å². The zero-order chi connectivity index (χ0) is 13.2. The third-order valence-corrected chi connectivity index (χ3v) is 4.44. The maximum Gasteiger partial charge on any atom is 0.324 e. The average Bonchev–Trinajstić information content (AvgIpc) is 3.10. The van der Waals surface area contributed by atoms with Gasteiger partial charge in [-0.1, -0.05) is 17.7 Å². The molecule has 5 heteroatoms. The highest BCUT2D eigenvalue weighted by Gasteiger charge is 2.38. The van der Waals surface area contributed by atoms with Crippen LogP contribution in [-0.2, 0) is 4.79 Å². The minimum atomic E-state index is -0.881. The molecule has 0 spiro atoms. The second-order valence-electron chi connectivity index (χ2n) is 4.80. The first kappa shape index (κ1) is 13.7. The number of hydrogen-bond donors (Lipinski definition) is 2. The van der Waals surface area contributed by atoms with Gasteiger partial charge in [-0.2, -0.15) is 0 Å². The van der Waals surface area contributed by atoms with Gasteiger partial charge in [-0.15, -0.1) is 11.8 Å². The van der Waals surface area contributed by atoms with Crippen LogP contribution in [0.5, 0.6) is 0 Å². The highest BCUT2D eigenvalue weighted by Crippen LogP contribution is 2.28. The van der Waals surface area contributed by atoms with Crippen LogP contribution in [0.4, 0.5) is 0 Å². The fourth-order valence-electron chi connectivity index (χ4n) is 1.63. The van der Waals surface area contributed by atoms with Crippen LogP contribution in [-0.4, -0.2) is 28.4 Å². The SMILES string of the molecule is CC(CSc1cccc(Cl)c1)(NC1CC1)C(=O)O. The topological polar surface area (TPSA) is 49.3 Å². The number of carbonyl (C=O) groups is 1. The first-order valence-electron chi connectivity index (χ1n) is 5.89. The van der Waals surface area contributed by atoms with E-state index >= 15 is 0 Å². The van der Waals surface area contributed by atoms with Gasteiger partial charge in [0.25, 0.3) is 0 Å². The average molecular weight is 286 g/mol. The van der Waals surface area contributed by atoms with E-state index in [2.05, 4.69) is 5.32 Å². The van der Waals surface area contributed by atoms with E-state index in [-0.39, 0.29) is 0 Å². The third-order valence-electron chi connectivity index (χ3n) is 2.90. The van der Waals surface area contributed by atoms with Crippen LogP contribution in [0.15, 0.2) is 29.2 Å². The molecular formula is C13H16ClNO2S. The van der Waals surface area contributed by atoms with Crippen molar-refractivity contribution in [2.45, 2.75) is 36.2 Å². The first-order valence-corrected chi connectivity index (χ1v) is 7.25. The van der Waals surface area contributed by atoms with E-state index in [1.54, 1.807) is 6.92 Å². The molecule has 1 saturated carbocycles. The lowest BCUT2D eigenvalue weighted by Crippen LogP contribution is -2.52. The predicted molar refractivity (Wildman–Crippen MR) is 74.4 cm³/mol. The summed E-state index contributed by atoms with van der Waals surface area (Å²) >= 11 is 7.42. The maximum atomic E-state index is 11.4. The molecule has 1 aromatic carbocycles. The summed E-state index contributed by atoms with van der Waals surface area (Å²) in [5.74, 6) is -0.317. The Morgan fingerprint density at radius 2 is 2.33 bits per heavy atom. The van der Waals surface area contributed by atoms with Crippen LogP contribution in [0.1, 0.15) is 19.8 Å². The van der Waals surface area contributed by atoms with Crippen molar-refractivity contribution >= 4 is 29.3 Å². The summed E-state index contributed by atoms with van der Waals surface area (Å²) in [7, 11) is 0. The van der Waals surface area contributed by atoms with E-state index in [0.717, 1.165) is 17.7 Å². The van der Waals surface area contributed by atoms with E-state index < -0.39 is 11.5 Å². The van der Waals surface area contributed by atoms with Gasteiger partial charge < -0.3 is 5.11 Å². The van der Waals surface area contributed by atoms with E-state index in [1.165, 1.54) is 11.8 Å². The van der Waals surface area contributed by atoms with Crippen molar-refractivity contribution in [3.8, 4) is 0 Å². The molecule has 98 valence electrons. The highest BCUT2D eigenvalue weighted by molar-refractivity contribution is 7.99. The van der Waals surface area contributed by atoms with Crippen LogP contribution in [0.25, 0.3) is 0 Å². The molecule has 1 aliphatic rings. The summed E-state index contributed by atoms with van der Waals surface area (Å²) in [6.45, 7) is 1.74. The smallest absolute Gasteiger partial charge is 0.324 e. The Hall–Kier alpha value is -0.710. The lowest BCUT2D eigenvalue weighted by molar-refractivity contribution is -0.143. The molecule has 0 bridgehead atoms. The Bertz CT molecular complexity index is 450. The zero-order valence-corrected chi connectivity index (χ0v) is 11.7. The molecule has 0 saturated heterocycles. The molecule has 3 nitrogen and oxygen atoms in total. The minimum absolute atomic E-state index is 0.367. The van der Waals surface area contributed by atoms with Gasteiger partial charge in [0, 0.05) is 21.7 Å². The Morgan fingerprint density at radius 1 is 1.61 bits per heavy atom. The summed E-state index contributed by atoms with van der Waals surface area (Å²) < 4.78 is 0. The van der Waals surface area contributed by atoms with Crippen molar-refractivity contribution in [3.63, 3.8) is 0 Å². The number of carboxylic acids is 1. The number of aliphatic carboxylic acids is 1. The zero-order valence-electron chi connectivity index (χ0n) is 10.1. The minimum Gasteiger partial charge on any atom is -0.480 e. The molecular weight excluding hydrogens is 270 g/mol. The van der Waals surface area contributed by atoms with Crippen molar-refractivity contribution in [2.24, 2.45) is 0 Å². The molecule has 0 amide bonds. The van der Waals surface area contributed by atoms with Crippen molar-refractivity contribution < 1.29 is 9.90 Å². The normalized spacial score (nSPS) is 18.3. The molecule has 1 aromatic rings. The number of halogens is 1. The molecule has 1 atom stereocenters. The molecule has 1 fully saturated rings. The maximum absolute atomic E-state index is 11.4. The van der Waals surface area contributed by atoms with Crippen LogP contribution in [0.3, 0.4) is 0 Å². The molecule has 18 heavy (non-hydrogen) atoms. The summed E-state index contributed by atoms with van der Waals surface area (Å²) in [5, 5.41) is 13.2. The predicted octanol–water partition coefficient (Wildman–Crippen LogP) is 3.03. The van der Waals surface area contributed by atoms with Crippen LogP contribution in [0.2, 0.25) is 5.02 Å². The van der Waals surface area contributed by atoms with Gasteiger partial charge in [0.2, 0.25) is 0 Å². The number of carboxylic acid groups (broad SMARTS) is 1. The van der Waals surface area contributed by atoms with Crippen molar-refractivity contribution in [3.05, 3.63) is 29.3 Å². The van der Waals surface area contributed by atoms with Crippen molar-refractivity contribution in [1.29, 1.82) is 0 Å². The lowest BCUT2D eigenvalue weighted by Gasteiger charge is -2.26. The molecule has 1 aliphatic carbocycles. The highest BCUT2D eigenvalue weighted by atomic mass is 35.5. The number of rotatable bonds is 6. The second-order valence-corrected chi connectivity index (χ2v) is 6.29. The van der Waals surface area contributed by atoms with Gasteiger partial charge in [0.15, 0.2) is 0 Å². The van der Waals surface area contributed by atoms with Gasteiger partial charge in [-0.05, 0) is 38.0 Å².